The van der Waals surface area contributed by atoms with Crippen molar-refractivity contribution in [1.82, 2.24) is 9.97 Å². The normalized spacial score (nSPS) is 12.2. The molecule has 202 valence electrons. The number of aryl methyl sites for hydroxylation is 1. The van der Waals surface area contributed by atoms with Gasteiger partial charge in [0.25, 0.3) is 0 Å². The van der Waals surface area contributed by atoms with Crippen molar-refractivity contribution in [3.8, 4) is 11.9 Å². The van der Waals surface area contributed by atoms with E-state index in [0.29, 0.717) is 29.2 Å². The molecule has 7 heteroatoms. The van der Waals surface area contributed by atoms with Crippen molar-refractivity contribution in [1.29, 1.82) is 0 Å². The molecule has 1 N–H and O–H groups in total. The second-order valence-corrected chi connectivity index (χ2v) is 9.63. The lowest BCUT2D eigenvalue weighted by molar-refractivity contribution is -0.164. The SMILES string of the molecule is COc1cc(C)nc(OC(C(=O)O)C(OCCc2ccc(C(C)C)cc2)(c2ccccc2)c2ccccc2)n1. The molecule has 0 saturated heterocycles. The topological polar surface area (TPSA) is 90.8 Å². The van der Waals surface area contributed by atoms with Crippen LogP contribution in [0.25, 0.3) is 0 Å². The van der Waals surface area contributed by atoms with Crippen LogP contribution < -0.4 is 9.47 Å². The van der Waals surface area contributed by atoms with Crippen molar-refractivity contribution < 1.29 is 24.1 Å². The predicted octanol–water partition coefficient (Wildman–Crippen LogP) is 5.95. The highest BCUT2D eigenvalue weighted by Crippen LogP contribution is 2.39. The van der Waals surface area contributed by atoms with E-state index >= 15 is 0 Å². The number of carbonyl (C=O) groups is 1. The van der Waals surface area contributed by atoms with Gasteiger partial charge in [0.2, 0.25) is 12.0 Å². The monoisotopic (exact) mass is 526 g/mol. The van der Waals surface area contributed by atoms with Gasteiger partial charge in [-0.1, -0.05) is 98.8 Å². The molecule has 0 amide bonds. The smallest absolute Gasteiger partial charge is 0.348 e. The number of carboxylic acids is 1. The molecule has 0 saturated carbocycles. The summed E-state index contributed by atoms with van der Waals surface area (Å²) >= 11 is 0. The zero-order chi connectivity index (χ0) is 27.8. The molecular weight excluding hydrogens is 492 g/mol. The van der Waals surface area contributed by atoms with Crippen LogP contribution in [0.1, 0.15) is 47.7 Å². The van der Waals surface area contributed by atoms with Crippen LogP contribution in [0.5, 0.6) is 11.9 Å². The number of benzene rings is 3. The Labute approximate surface area is 229 Å². The predicted molar refractivity (Wildman–Crippen MR) is 149 cm³/mol. The minimum atomic E-state index is -1.52. The lowest BCUT2D eigenvalue weighted by Crippen LogP contribution is -2.51. The molecule has 0 radical (unpaired) electrons. The van der Waals surface area contributed by atoms with Crippen LogP contribution in [0.3, 0.4) is 0 Å². The number of hydrogen-bond acceptors (Lipinski definition) is 6. The van der Waals surface area contributed by atoms with Gasteiger partial charge in [-0.05, 0) is 41.5 Å². The number of aliphatic carboxylic acids is 1. The van der Waals surface area contributed by atoms with E-state index in [0.717, 1.165) is 5.56 Å². The van der Waals surface area contributed by atoms with Crippen molar-refractivity contribution in [3.05, 3.63) is 119 Å². The number of rotatable bonds is 12. The summed E-state index contributed by atoms with van der Waals surface area (Å²) in [6, 6.07) is 28.5. The minimum Gasteiger partial charge on any atom is -0.481 e. The van der Waals surface area contributed by atoms with Gasteiger partial charge in [0, 0.05) is 11.8 Å². The van der Waals surface area contributed by atoms with E-state index in [1.54, 1.807) is 13.0 Å². The quantitative estimate of drug-likeness (QED) is 0.244. The van der Waals surface area contributed by atoms with Crippen LogP contribution >= 0.6 is 0 Å². The Bertz CT molecular complexity index is 1320. The third kappa shape index (κ3) is 6.44. The van der Waals surface area contributed by atoms with Crippen LogP contribution in [-0.4, -0.2) is 40.9 Å². The molecule has 0 bridgehead atoms. The van der Waals surface area contributed by atoms with Crippen LogP contribution in [0, 0.1) is 6.92 Å². The molecule has 0 aliphatic carbocycles. The highest BCUT2D eigenvalue weighted by molar-refractivity contribution is 5.76. The zero-order valence-electron chi connectivity index (χ0n) is 22.7. The van der Waals surface area contributed by atoms with E-state index in [1.165, 1.54) is 12.7 Å². The second-order valence-electron chi connectivity index (χ2n) is 9.63. The molecule has 1 atom stereocenters. The molecule has 4 rings (SSSR count). The maximum Gasteiger partial charge on any atom is 0.348 e. The van der Waals surface area contributed by atoms with Crippen molar-refractivity contribution in [2.45, 2.75) is 44.8 Å². The van der Waals surface area contributed by atoms with Crippen LogP contribution in [0.4, 0.5) is 0 Å². The first-order chi connectivity index (χ1) is 18.8. The number of hydrogen-bond donors (Lipinski definition) is 1. The summed E-state index contributed by atoms with van der Waals surface area (Å²) < 4.78 is 18.0. The lowest BCUT2D eigenvalue weighted by atomic mass is 9.81. The first kappa shape index (κ1) is 27.8. The first-order valence-corrected chi connectivity index (χ1v) is 13.0. The van der Waals surface area contributed by atoms with E-state index < -0.39 is 17.7 Å². The minimum absolute atomic E-state index is 0.108. The van der Waals surface area contributed by atoms with Crippen LogP contribution in [-0.2, 0) is 21.6 Å². The van der Waals surface area contributed by atoms with Crippen molar-refractivity contribution in [2.75, 3.05) is 13.7 Å². The molecule has 0 spiro atoms. The first-order valence-electron chi connectivity index (χ1n) is 13.0. The fourth-order valence-electron chi connectivity index (χ4n) is 4.57. The van der Waals surface area contributed by atoms with E-state index in [9.17, 15) is 9.90 Å². The fourth-order valence-corrected chi connectivity index (χ4v) is 4.57. The number of nitrogens with zero attached hydrogens (tertiary/aromatic N) is 2. The number of ether oxygens (including phenoxy) is 3. The van der Waals surface area contributed by atoms with E-state index in [4.69, 9.17) is 14.2 Å². The Kier molecular flexibility index (Phi) is 8.94. The van der Waals surface area contributed by atoms with Crippen molar-refractivity contribution >= 4 is 5.97 Å². The summed E-state index contributed by atoms with van der Waals surface area (Å²) in [5.74, 6) is -0.499. The van der Waals surface area contributed by atoms with Gasteiger partial charge >= 0.3 is 12.0 Å². The van der Waals surface area contributed by atoms with Gasteiger partial charge in [0.05, 0.1) is 13.7 Å². The molecule has 1 unspecified atom stereocenters. The molecule has 0 aliphatic heterocycles. The lowest BCUT2D eigenvalue weighted by Gasteiger charge is -2.39. The summed E-state index contributed by atoms with van der Waals surface area (Å²) in [6.07, 6.45) is -0.932. The van der Waals surface area contributed by atoms with Gasteiger partial charge in [-0.2, -0.15) is 4.98 Å². The Balaban J connectivity index is 1.78. The molecule has 0 fully saturated rings. The molecule has 1 aromatic heterocycles. The summed E-state index contributed by atoms with van der Waals surface area (Å²) in [7, 11) is 1.48. The van der Waals surface area contributed by atoms with E-state index in [1.807, 2.05) is 60.7 Å². The maximum atomic E-state index is 13.0. The molecule has 1 heterocycles. The van der Waals surface area contributed by atoms with Gasteiger partial charge in [0.15, 0.2) is 5.60 Å². The Morgan fingerprint density at radius 1 is 0.897 bits per heavy atom. The third-order valence-electron chi connectivity index (χ3n) is 6.61. The number of methoxy groups -OCH3 is 1. The highest BCUT2D eigenvalue weighted by atomic mass is 16.6. The van der Waals surface area contributed by atoms with Crippen LogP contribution in [0.15, 0.2) is 91.0 Å². The summed E-state index contributed by atoms with van der Waals surface area (Å²) in [5, 5.41) is 10.6. The number of aromatic nitrogens is 2. The van der Waals surface area contributed by atoms with Crippen molar-refractivity contribution in [3.63, 3.8) is 0 Å². The molecule has 3 aromatic carbocycles. The van der Waals surface area contributed by atoms with Gasteiger partial charge in [-0.15, -0.1) is 0 Å². The van der Waals surface area contributed by atoms with Gasteiger partial charge in [-0.3, -0.25) is 0 Å². The average Bonchev–Trinajstić information content (AvgIpc) is 2.95. The fraction of sp³-hybridized carbons (Fsp3) is 0.281. The van der Waals surface area contributed by atoms with Crippen LogP contribution in [0.2, 0.25) is 0 Å². The largest absolute Gasteiger partial charge is 0.481 e. The highest BCUT2D eigenvalue weighted by Gasteiger charge is 2.50. The Morgan fingerprint density at radius 2 is 1.49 bits per heavy atom. The Morgan fingerprint density at radius 3 is 2.00 bits per heavy atom. The summed E-state index contributed by atoms with van der Waals surface area (Å²) in [6.45, 7) is 6.32. The molecule has 7 nitrogen and oxygen atoms in total. The molecule has 4 aromatic rings. The standard InChI is InChI=1S/C32H34N2O5/c1-22(2)25-17-15-24(16-18-25)19-20-38-32(26-11-7-5-8-12-26,27-13-9-6-10-14-27)29(30(35)36)39-31-33-23(3)21-28(34-31)37-4/h5-18,21-22,29H,19-20H2,1-4H3,(H,35,36). The van der Waals surface area contributed by atoms with Gasteiger partial charge < -0.3 is 19.3 Å². The summed E-state index contributed by atoms with van der Waals surface area (Å²) in [5.41, 5.74) is 2.70. The molecule has 0 aliphatic rings. The maximum absolute atomic E-state index is 13.0. The molecular formula is C32H34N2O5. The van der Waals surface area contributed by atoms with E-state index in [-0.39, 0.29) is 18.5 Å². The number of carboxylic acid groups (broad SMARTS) is 1. The average molecular weight is 527 g/mol. The molecule has 39 heavy (non-hydrogen) atoms. The van der Waals surface area contributed by atoms with Gasteiger partial charge in [0.1, 0.15) is 0 Å². The van der Waals surface area contributed by atoms with E-state index in [2.05, 4.69) is 48.1 Å². The third-order valence-corrected chi connectivity index (χ3v) is 6.61. The summed E-state index contributed by atoms with van der Waals surface area (Å²) in [4.78, 5) is 21.6. The zero-order valence-corrected chi connectivity index (χ0v) is 22.7. The van der Waals surface area contributed by atoms with Gasteiger partial charge in [-0.25, -0.2) is 9.78 Å². The Hall–Kier alpha value is -4.23. The second kappa shape index (κ2) is 12.5. The van der Waals surface area contributed by atoms with Crippen molar-refractivity contribution in [2.24, 2.45) is 0 Å².